The number of fused-ring (bicyclic) bond motifs is 1. The molecule has 0 aliphatic carbocycles. The molecular formula is C24H29F3N8O2. The van der Waals surface area contributed by atoms with Crippen molar-refractivity contribution in [2.24, 2.45) is 0 Å². The van der Waals surface area contributed by atoms with Crippen LogP contribution in [0.15, 0.2) is 30.7 Å². The van der Waals surface area contributed by atoms with E-state index in [-0.39, 0.29) is 24.7 Å². The monoisotopic (exact) mass is 518 g/mol. The fourth-order valence-corrected chi connectivity index (χ4v) is 3.72. The van der Waals surface area contributed by atoms with Gasteiger partial charge in [0.1, 0.15) is 17.4 Å². The number of halogens is 3. The number of nitrogens with zero attached hydrogens (tertiary/aromatic N) is 6. The van der Waals surface area contributed by atoms with Crippen LogP contribution in [0.3, 0.4) is 0 Å². The fourth-order valence-electron chi connectivity index (χ4n) is 3.72. The highest BCUT2D eigenvalue weighted by molar-refractivity contribution is 6.03. The topological polar surface area (TPSA) is 110 Å². The minimum atomic E-state index is -4.47. The number of hydrogen-bond acceptors (Lipinski definition) is 8. The van der Waals surface area contributed by atoms with Crippen molar-refractivity contribution >= 4 is 23.4 Å². The zero-order valence-electron chi connectivity index (χ0n) is 21.2. The molecule has 0 aromatic carbocycles. The molecule has 4 heterocycles. The van der Waals surface area contributed by atoms with Gasteiger partial charge in [-0.2, -0.15) is 23.3 Å². The summed E-state index contributed by atoms with van der Waals surface area (Å²) in [6.07, 6.45) is 0.160. The molecular weight excluding hydrogens is 489 g/mol. The van der Waals surface area contributed by atoms with Crippen molar-refractivity contribution in [1.29, 1.82) is 0 Å². The number of likely N-dealkylation sites (N-methyl/N-ethyl adjacent to an activating group) is 1. The molecule has 0 fully saturated rings. The second-order valence-electron chi connectivity index (χ2n) is 9.82. The van der Waals surface area contributed by atoms with Gasteiger partial charge in [0.2, 0.25) is 11.9 Å². The summed E-state index contributed by atoms with van der Waals surface area (Å²) in [5, 5.41) is 10.3. The van der Waals surface area contributed by atoms with Crippen molar-refractivity contribution in [2.75, 3.05) is 29.2 Å². The molecule has 3 aromatic rings. The predicted octanol–water partition coefficient (Wildman–Crippen LogP) is 3.63. The van der Waals surface area contributed by atoms with Crippen LogP contribution in [0.4, 0.5) is 30.6 Å². The second kappa shape index (κ2) is 9.96. The average Bonchev–Trinajstić information content (AvgIpc) is 3.24. The molecule has 1 aliphatic heterocycles. The van der Waals surface area contributed by atoms with Gasteiger partial charge >= 0.3 is 6.18 Å². The number of pyridine rings is 1. The van der Waals surface area contributed by atoms with Gasteiger partial charge in [-0.3, -0.25) is 14.5 Å². The Hall–Kier alpha value is -3.74. The number of hydrogen-bond donors (Lipinski definition) is 2. The predicted molar refractivity (Wildman–Crippen MR) is 131 cm³/mol. The lowest BCUT2D eigenvalue weighted by molar-refractivity contribution is -0.141. The summed E-state index contributed by atoms with van der Waals surface area (Å²) in [7, 11) is 1.80. The van der Waals surface area contributed by atoms with Crippen LogP contribution >= 0.6 is 0 Å². The highest BCUT2D eigenvalue weighted by Crippen LogP contribution is 2.33. The minimum Gasteiger partial charge on any atom is -0.373 e. The zero-order valence-corrected chi connectivity index (χ0v) is 21.2. The Labute approximate surface area is 212 Å². The Bertz CT molecular complexity index is 1270. The number of nitrogens with one attached hydrogen (secondary N) is 2. The number of ether oxygens (including phenoxy) is 1. The summed E-state index contributed by atoms with van der Waals surface area (Å²) in [5.74, 6) is 0.791. The average molecular weight is 519 g/mol. The van der Waals surface area contributed by atoms with Crippen molar-refractivity contribution < 1.29 is 22.7 Å². The molecule has 4 rings (SSSR count). The van der Waals surface area contributed by atoms with Crippen LogP contribution in [0.5, 0.6) is 0 Å². The number of carbonyl (C=O) groups is 1. The van der Waals surface area contributed by atoms with Crippen LogP contribution in [0.1, 0.15) is 43.3 Å². The molecule has 0 radical (unpaired) electrons. The molecule has 0 unspecified atom stereocenters. The molecule has 0 saturated carbocycles. The molecule has 0 spiro atoms. The molecule has 1 amide bonds. The van der Waals surface area contributed by atoms with Gasteiger partial charge in [-0.05, 0) is 39.3 Å². The van der Waals surface area contributed by atoms with E-state index in [0.29, 0.717) is 35.3 Å². The van der Waals surface area contributed by atoms with Gasteiger partial charge < -0.3 is 20.3 Å². The Morgan fingerprint density at radius 1 is 1.14 bits per heavy atom. The molecule has 13 heteroatoms. The van der Waals surface area contributed by atoms with E-state index in [0.717, 1.165) is 11.6 Å². The van der Waals surface area contributed by atoms with E-state index in [1.165, 1.54) is 12.3 Å². The SMILES string of the molecule is Cc1nc(NCc2cnn(Cc3ccc(C(F)(F)F)nc3)c2)nc2c1NC(=O)[C@H](COC(C)(C)C)N2C. The van der Waals surface area contributed by atoms with E-state index in [9.17, 15) is 18.0 Å². The van der Waals surface area contributed by atoms with E-state index < -0.39 is 17.9 Å². The van der Waals surface area contributed by atoms with Gasteiger partial charge in [0, 0.05) is 31.5 Å². The quantitative estimate of drug-likeness (QED) is 0.488. The first-order valence-electron chi connectivity index (χ1n) is 11.6. The van der Waals surface area contributed by atoms with Crippen LogP contribution in [-0.4, -0.2) is 55.9 Å². The number of rotatable bonds is 7. The Morgan fingerprint density at radius 2 is 1.89 bits per heavy atom. The molecule has 10 nitrogen and oxygen atoms in total. The van der Waals surface area contributed by atoms with Crippen LogP contribution in [0.2, 0.25) is 0 Å². The van der Waals surface area contributed by atoms with Gasteiger partial charge in [-0.25, -0.2) is 4.98 Å². The summed E-state index contributed by atoms with van der Waals surface area (Å²) < 4.78 is 45.6. The summed E-state index contributed by atoms with van der Waals surface area (Å²) >= 11 is 0. The van der Waals surface area contributed by atoms with Gasteiger partial charge in [-0.15, -0.1) is 0 Å². The smallest absolute Gasteiger partial charge is 0.373 e. The number of carbonyl (C=O) groups excluding carboxylic acids is 1. The standard InChI is InChI=1S/C24H29F3N8O2/c1-14-19-20(34(5)17(21(36)32-19)13-37-23(2,3)4)33-22(31-14)29-9-16-10-30-35(12-16)11-15-6-7-18(28-8-15)24(25,26)27/h6-8,10,12,17H,9,11,13H2,1-5H3,(H,32,36)(H,29,31,33)/t17-/m0/s1. The van der Waals surface area contributed by atoms with Gasteiger partial charge in [-0.1, -0.05) is 6.07 Å². The highest BCUT2D eigenvalue weighted by atomic mass is 19.4. The molecule has 0 bridgehead atoms. The number of anilines is 3. The third-order valence-electron chi connectivity index (χ3n) is 5.69. The molecule has 37 heavy (non-hydrogen) atoms. The molecule has 198 valence electrons. The number of alkyl halides is 3. The van der Waals surface area contributed by atoms with E-state index in [2.05, 4.69) is 30.7 Å². The molecule has 0 saturated heterocycles. The lowest BCUT2D eigenvalue weighted by Gasteiger charge is -2.36. The van der Waals surface area contributed by atoms with Crippen LogP contribution in [-0.2, 0) is 28.8 Å². The maximum absolute atomic E-state index is 12.7. The van der Waals surface area contributed by atoms with E-state index >= 15 is 0 Å². The van der Waals surface area contributed by atoms with Crippen molar-refractivity contribution in [3.8, 4) is 0 Å². The van der Waals surface area contributed by atoms with Crippen molar-refractivity contribution in [3.05, 3.63) is 53.2 Å². The van der Waals surface area contributed by atoms with Crippen LogP contribution < -0.4 is 15.5 Å². The fraction of sp³-hybridized carbons (Fsp3) is 0.458. The normalized spacial score (nSPS) is 15.9. The number of aromatic nitrogens is 5. The first-order valence-corrected chi connectivity index (χ1v) is 11.6. The van der Waals surface area contributed by atoms with Crippen molar-refractivity contribution in [1.82, 2.24) is 24.7 Å². The van der Waals surface area contributed by atoms with Gasteiger partial charge in [0.05, 0.1) is 30.6 Å². The Morgan fingerprint density at radius 3 is 2.54 bits per heavy atom. The molecule has 1 aliphatic rings. The lowest BCUT2D eigenvalue weighted by atomic mass is 10.1. The first-order chi connectivity index (χ1) is 17.3. The largest absolute Gasteiger partial charge is 0.433 e. The number of amides is 1. The van der Waals surface area contributed by atoms with E-state index in [4.69, 9.17) is 4.74 Å². The van der Waals surface area contributed by atoms with E-state index in [1.54, 1.807) is 35.9 Å². The van der Waals surface area contributed by atoms with Gasteiger partial charge in [0.15, 0.2) is 5.82 Å². The first kappa shape index (κ1) is 26.3. The maximum Gasteiger partial charge on any atom is 0.433 e. The summed E-state index contributed by atoms with van der Waals surface area (Å²) in [5.41, 5.74) is 1.29. The Kier molecular flexibility index (Phi) is 7.09. The van der Waals surface area contributed by atoms with Crippen LogP contribution in [0.25, 0.3) is 0 Å². The molecule has 1 atom stereocenters. The third-order valence-corrected chi connectivity index (χ3v) is 5.69. The summed E-state index contributed by atoms with van der Waals surface area (Å²) in [6, 6.07) is 1.80. The van der Waals surface area contributed by atoms with Gasteiger partial charge in [0.25, 0.3) is 0 Å². The van der Waals surface area contributed by atoms with Crippen molar-refractivity contribution in [3.63, 3.8) is 0 Å². The molecule has 2 N–H and O–H groups in total. The minimum absolute atomic E-state index is 0.178. The Balaban J connectivity index is 1.41. The summed E-state index contributed by atoms with van der Waals surface area (Å²) in [6.45, 7) is 8.45. The van der Waals surface area contributed by atoms with E-state index in [1.807, 2.05) is 20.8 Å². The highest BCUT2D eigenvalue weighted by Gasteiger charge is 2.35. The molecule has 3 aromatic heterocycles. The maximum atomic E-state index is 12.7. The number of aryl methyl sites for hydroxylation is 1. The van der Waals surface area contributed by atoms with Crippen LogP contribution in [0, 0.1) is 6.92 Å². The lowest BCUT2D eigenvalue weighted by Crippen LogP contribution is -2.50. The second-order valence-corrected chi connectivity index (χ2v) is 9.82. The third kappa shape index (κ3) is 6.34. The van der Waals surface area contributed by atoms with Crippen molar-refractivity contribution in [2.45, 2.75) is 58.6 Å². The summed E-state index contributed by atoms with van der Waals surface area (Å²) in [4.78, 5) is 27.0. The zero-order chi connectivity index (χ0) is 27.0.